The highest BCUT2D eigenvalue weighted by Gasteiger charge is 2.16. The van der Waals surface area contributed by atoms with E-state index in [0.717, 1.165) is 16.5 Å². The van der Waals surface area contributed by atoms with Gasteiger partial charge in [-0.1, -0.05) is 41.9 Å². The van der Waals surface area contributed by atoms with Gasteiger partial charge in [0.15, 0.2) is 0 Å². The third kappa shape index (κ3) is 4.53. The molecule has 1 heterocycles. The first-order chi connectivity index (χ1) is 12.2. The van der Waals surface area contributed by atoms with E-state index in [-0.39, 0.29) is 12.1 Å². The van der Waals surface area contributed by atoms with E-state index in [2.05, 4.69) is 10.6 Å². The number of rotatable bonds is 6. The van der Waals surface area contributed by atoms with Gasteiger partial charge in [0.25, 0.3) is 0 Å². The molecule has 6 heteroatoms. The Balaban J connectivity index is 1.53. The van der Waals surface area contributed by atoms with Gasteiger partial charge >= 0.3 is 6.03 Å². The summed E-state index contributed by atoms with van der Waals surface area (Å²) in [7, 11) is 1.59. The van der Waals surface area contributed by atoms with Gasteiger partial charge in [0.1, 0.15) is 17.4 Å². The summed E-state index contributed by atoms with van der Waals surface area (Å²) in [4.78, 5) is 12.0. The second-order valence-electron chi connectivity index (χ2n) is 5.60. The summed E-state index contributed by atoms with van der Waals surface area (Å²) in [6, 6.07) is 16.7. The Bertz CT molecular complexity index is 812. The number of amides is 2. The first-order valence-electron chi connectivity index (χ1n) is 7.93. The number of methoxy groups -OCH3 is 1. The Labute approximate surface area is 150 Å². The van der Waals surface area contributed by atoms with Crippen LogP contribution in [0, 0.1) is 0 Å². The third-order valence-corrected chi connectivity index (χ3v) is 4.11. The predicted octanol–water partition coefficient (Wildman–Crippen LogP) is 4.27. The molecule has 0 aliphatic carbocycles. The zero-order chi connectivity index (χ0) is 17.6. The summed E-state index contributed by atoms with van der Waals surface area (Å²) in [5.41, 5.74) is 1.77. The number of fused-ring (bicyclic) bond motifs is 1. The van der Waals surface area contributed by atoms with Crippen LogP contribution < -0.4 is 10.6 Å². The minimum atomic E-state index is -0.353. The Morgan fingerprint density at radius 1 is 1.16 bits per heavy atom. The standard InChI is InChI=1S/C19H19ClN2O3/c1-24-18(17-10-14-4-2-3-5-16(14)25-17)12-22-19(23)21-11-13-6-8-15(20)9-7-13/h2-10,18H,11-12H2,1H3,(H2,21,22,23)/t18-/m0/s1. The number of carbonyl (C=O) groups is 1. The van der Waals surface area contributed by atoms with E-state index in [1.807, 2.05) is 42.5 Å². The molecule has 1 atom stereocenters. The van der Waals surface area contributed by atoms with Crippen LogP contribution in [-0.2, 0) is 11.3 Å². The van der Waals surface area contributed by atoms with Gasteiger partial charge in [-0.15, -0.1) is 0 Å². The lowest BCUT2D eigenvalue weighted by atomic mass is 10.2. The Kier molecular flexibility index (Phi) is 5.58. The molecule has 0 spiro atoms. The van der Waals surface area contributed by atoms with Crippen molar-refractivity contribution in [1.29, 1.82) is 0 Å². The molecule has 0 bridgehead atoms. The minimum absolute atomic E-state index is 0.270. The lowest BCUT2D eigenvalue weighted by molar-refractivity contribution is 0.0865. The first-order valence-corrected chi connectivity index (χ1v) is 8.31. The molecular formula is C19H19ClN2O3. The largest absolute Gasteiger partial charge is 0.458 e. The van der Waals surface area contributed by atoms with Gasteiger partial charge in [0.2, 0.25) is 0 Å². The summed E-state index contributed by atoms with van der Waals surface area (Å²) in [5.74, 6) is 0.682. The number of carbonyl (C=O) groups excluding carboxylic acids is 1. The lowest BCUT2D eigenvalue weighted by Crippen LogP contribution is -2.37. The highest BCUT2D eigenvalue weighted by atomic mass is 35.5. The molecule has 2 aromatic carbocycles. The third-order valence-electron chi connectivity index (χ3n) is 3.86. The summed E-state index contributed by atoms with van der Waals surface area (Å²) in [6.45, 7) is 0.730. The quantitative estimate of drug-likeness (QED) is 0.691. The van der Waals surface area contributed by atoms with E-state index in [9.17, 15) is 4.79 Å². The smallest absolute Gasteiger partial charge is 0.315 e. The number of urea groups is 1. The zero-order valence-electron chi connectivity index (χ0n) is 13.8. The molecule has 0 aliphatic heterocycles. The van der Waals surface area contributed by atoms with E-state index >= 15 is 0 Å². The fourth-order valence-electron chi connectivity index (χ4n) is 2.49. The molecule has 0 saturated carbocycles. The van der Waals surface area contributed by atoms with E-state index in [0.29, 0.717) is 23.9 Å². The molecule has 3 rings (SSSR count). The monoisotopic (exact) mass is 358 g/mol. The highest BCUT2D eigenvalue weighted by Crippen LogP contribution is 2.25. The van der Waals surface area contributed by atoms with E-state index in [4.69, 9.17) is 20.8 Å². The lowest BCUT2D eigenvalue weighted by Gasteiger charge is -2.14. The highest BCUT2D eigenvalue weighted by molar-refractivity contribution is 6.30. The molecule has 25 heavy (non-hydrogen) atoms. The van der Waals surface area contributed by atoms with Crippen molar-refractivity contribution in [3.05, 3.63) is 70.9 Å². The van der Waals surface area contributed by atoms with Crippen molar-refractivity contribution < 1.29 is 13.9 Å². The Morgan fingerprint density at radius 2 is 1.92 bits per heavy atom. The second kappa shape index (κ2) is 8.05. The molecule has 0 saturated heterocycles. The minimum Gasteiger partial charge on any atom is -0.458 e. The molecule has 2 N–H and O–H groups in total. The first kappa shape index (κ1) is 17.3. The van der Waals surface area contributed by atoms with Crippen LogP contribution in [0.15, 0.2) is 59.0 Å². The summed E-state index contributed by atoms with van der Waals surface area (Å²) < 4.78 is 11.2. The number of halogens is 1. The van der Waals surface area contributed by atoms with E-state index < -0.39 is 0 Å². The fraction of sp³-hybridized carbons (Fsp3) is 0.211. The van der Waals surface area contributed by atoms with Crippen molar-refractivity contribution >= 4 is 28.6 Å². The van der Waals surface area contributed by atoms with Crippen LogP contribution >= 0.6 is 11.6 Å². The normalized spacial score (nSPS) is 12.1. The Morgan fingerprint density at radius 3 is 2.64 bits per heavy atom. The van der Waals surface area contributed by atoms with Gasteiger partial charge in [-0.05, 0) is 29.8 Å². The summed E-state index contributed by atoms with van der Waals surface area (Å²) in [5, 5.41) is 7.27. The molecule has 2 amide bonds. The van der Waals surface area contributed by atoms with Crippen molar-refractivity contribution in [2.45, 2.75) is 12.6 Å². The average Bonchev–Trinajstić information content (AvgIpc) is 3.05. The van der Waals surface area contributed by atoms with Crippen LogP contribution in [0.3, 0.4) is 0 Å². The summed E-state index contributed by atoms with van der Waals surface area (Å²) in [6.07, 6.45) is -0.353. The zero-order valence-corrected chi connectivity index (χ0v) is 14.5. The molecule has 0 unspecified atom stereocenters. The number of hydrogen-bond donors (Lipinski definition) is 2. The molecule has 5 nitrogen and oxygen atoms in total. The SMILES string of the molecule is CO[C@@H](CNC(=O)NCc1ccc(Cl)cc1)c1cc2ccccc2o1. The number of benzene rings is 2. The van der Waals surface area contributed by atoms with Crippen LogP contribution in [-0.4, -0.2) is 19.7 Å². The number of furan rings is 1. The van der Waals surface area contributed by atoms with Gasteiger partial charge in [-0.2, -0.15) is 0 Å². The van der Waals surface area contributed by atoms with Gasteiger partial charge in [0.05, 0.1) is 6.54 Å². The average molecular weight is 359 g/mol. The molecule has 0 fully saturated rings. The maximum absolute atomic E-state index is 12.0. The molecule has 1 aromatic heterocycles. The molecule has 0 radical (unpaired) electrons. The van der Waals surface area contributed by atoms with Gasteiger partial charge in [-0.25, -0.2) is 4.79 Å². The van der Waals surface area contributed by atoms with Crippen LogP contribution in [0.4, 0.5) is 4.79 Å². The van der Waals surface area contributed by atoms with Gasteiger partial charge in [0, 0.05) is 24.1 Å². The molecule has 130 valence electrons. The maximum atomic E-state index is 12.0. The van der Waals surface area contributed by atoms with Crippen molar-refractivity contribution in [2.24, 2.45) is 0 Å². The van der Waals surface area contributed by atoms with Crippen molar-refractivity contribution in [1.82, 2.24) is 10.6 Å². The number of para-hydroxylation sites is 1. The fourth-order valence-corrected chi connectivity index (χ4v) is 2.62. The number of hydrogen-bond acceptors (Lipinski definition) is 3. The molecule has 0 aliphatic rings. The van der Waals surface area contributed by atoms with Crippen LogP contribution in [0.2, 0.25) is 5.02 Å². The van der Waals surface area contributed by atoms with Gasteiger partial charge < -0.3 is 19.8 Å². The Hall–Kier alpha value is -2.50. The maximum Gasteiger partial charge on any atom is 0.315 e. The topological polar surface area (TPSA) is 63.5 Å². The number of ether oxygens (including phenoxy) is 1. The molecule has 3 aromatic rings. The molecular weight excluding hydrogens is 340 g/mol. The van der Waals surface area contributed by atoms with Crippen molar-refractivity contribution in [3.63, 3.8) is 0 Å². The second-order valence-corrected chi connectivity index (χ2v) is 6.04. The van der Waals surface area contributed by atoms with Crippen LogP contribution in [0.25, 0.3) is 11.0 Å². The van der Waals surface area contributed by atoms with E-state index in [1.54, 1.807) is 19.2 Å². The van der Waals surface area contributed by atoms with Crippen molar-refractivity contribution in [3.8, 4) is 0 Å². The van der Waals surface area contributed by atoms with E-state index in [1.165, 1.54) is 0 Å². The van der Waals surface area contributed by atoms with Crippen molar-refractivity contribution in [2.75, 3.05) is 13.7 Å². The van der Waals surface area contributed by atoms with Crippen LogP contribution in [0.5, 0.6) is 0 Å². The number of nitrogens with one attached hydrogen (secondary N) is 2. The summed E-state index contributed by atoms with van der Waals surface area (Å²) >= 11 is 5.84. The van der Waals surface area contributed by atoms with Gasteiger partial charge in [-0.3, -0.25) is 0 Å². The predicted molar refractivity (Wildman–Crippen MR) is 97.7 cm³/mol. The van der Waals surface area contributed by atoms with Crippen LogP contribution in [0.1, 0.15) is 17.4 Å².